The van der Waals surface area contributed by atoms with Crippen LogP contribution >= 0.6 is 0 Å². The Morgan fingerprint density at radius 1 is 1.28 bits per heavy atom. The van der Waals surface area contributed by atoms with Crippen LogP contribution in [0.15, 0.2) is 41.1 Å². The average molecular weight is 343 g/mol. The number of ether oxygens (including phenoxy) is 1. The molecule has 1 fully saturated rings. The maximum Gasteiger partial charge on any atom is 0.220 e. The molecule has 2 aromatic rings. The molecule has 0 aliphatic carbocycles. The van der Waals surface area contributed by atoms with Crippen molar-refractivity contribution in [3.63, 3.8) is 0 Å². The van der Waals surface area contributed by atoms with E-state index in [-0.39, 0.29) is 18.1 Å². The van der Waals surface area contributed by atoms with Gasteiger partial charge < -0.3 is 19.4 Å². The van der Waals surface area contributed by atoms with E-state index in [1.54, 1.807) is 6.26 Å². The molecular weight excluding hydrogens is 318 g/mol. The third kappa shape index (κ3) is 5.06. The van der Waals surface area contributed by atoms with Crippen LogP contribution in [0, 0.1) is 0 Å². The molecule has 1 N–H and O–H groups in total. The molecule has 2 aromatic heterocycles. The van der Waals surface area contributed by atoms with Crippen molar-refractivity contribution in [2.75, 3.05) is 18.0 Å². The van der Waals surface area contributed by atoms with Gasteiger partial charge in [0.25, 0.3) is 0 Å². The molecular formula is C19H25N3O3. The number of anilines is 1. The van der Waals surface area contributed by atoms with Crippen molar-refractivity contribution in [2.24, 2.45) is 0 Å². The first-order valence-corrected chi connectivity index (χ1v) is 8.74. The number of amides is 1. The summed E-state index contributed by atoms with van der Waals surface area (Å²) >= 11 is 0. The van der Waals surface area contributed by atoms with Crippen LogP contribution in [0.2, 0.25) is 0 Å². The van der Waals surface area contributed by atoms with E-state index in [1.807, 2.05) is 30.5 Å². The van der Waals surface area contributed by atoms with E-state index in [0.29, 0.717) is 19.4 Å². The molecule has 1 saturated heterocycles. The number of carbonyl (C=O) groups is 1. The molecule has 1 aliphatic rings. The van der Waals surface area contributed by atoms with Gasteiger partial charge in [-0.1, -0.05) is 6.07 Å². The van der Waals surface area contributed by atoms with Gasteiger partial charge in [0.1, 0.15) is 11.6 Å². The fraction of sp³-hybridized carbons (Fsp3) is 0.474. The minimum atomic E-state index is 0.0105. The molecule has 6 nitrogen and oxygen atoms in total. The predicted molar refractivity (Wildman–Crippen MR) is 95.3 cm³/mol. The highest BCUT2D eigenvalue weighted by Crippen LogP contribution is 2.18. The van der Waals surface area contributed by atoms with Crippen molar-refractivity contribution < 1.29 is 13.9 Å². The first-order chi connectivity index (χ1) is 12.1. The molecule has 2 atom stereocenters. The second-order valence-corrected chi connectivity index (χ2v) is 6.54. The van der Waals surface area contributed by atoms with Crippen molar-refractivity contribution in [1.29, 1.82) is 0 Å². The molecule has 6 heteroatoms. The fourth-order valence-corrected chi connectivity index (χ4v) is 3.05. The summed E-state index contributed by atoms with van der Waals surface area (Å²) < 4.78 is 11.0. The lowest BCUT2D eigenvalue weighted by Crippen LogP contribution is -2.45. The number of hydrogen-bond donors (Lipinski definition) is 1. The highest BCUT2D eigenvalue weighted by molar-refractivity contribution is 5.76. The van der Waals surface area contributed by atoms with Crippen LogP contribution in [-0.4, -0.2) is 36.2 Å². The van der Waals surface area contributed by atoms with Crippen LogP contribution in [0.3, 0.4) is 0 Å². The normalized spacial score (nSPS) is 20.5. The Hall–Kier alpha value is -2.34. The minimum Gasteiger partial charge on any atom is -0.469 e. The van der Waals surface area contributed by atoms with Crippen molar-refractivity contribution in [1.82, 2.24) is 10.3 Å². The lowest BCUT2D eigenvalue weighted by Gasteiger charge is -2.36. The second-order valence-electron chi connectivity index (χ2n) is 6.54. The Morgan fingerprint density at radius 2 is 2.08 bits per heavy atom. The van der Waals surface area contributed by atoms with Crippen LogP contribution in [0.4, 0.5) is 5.82 Å². The third-order valence-electron chi connectivity index (χ3n) is 4.22. The van der Waals surface area contributed by atoms with Crippen LogP contribution in [0.5, 0.6) is 0 Å². The van der Waals surface area contributed by atoms with Gasteiger partial charge in [0.2, 0.25) is 5.91 Å². The Bertz CT molecular complexity index is 660. The van der Waals surface area contributed by atoms with Gasteiger partial charge in [-0.15, -0.1) is 0 Å². The molecule has 3 heterocycles. The number of rotatable bonds is 6. The molecule has 0 unspecified atom stereocenters. The molecule has 0 spiro atoms. The van der Waals surface area contributed by atoms with Crippen molar-refractivity contribution in [3.8, 4) is 0 Å². The number of pyridine rings is 1. The quantitative estimate of drug-likeness (QED) is 0.873. The number of aromatic nitrogens is 1. The molecule has 25 heavy (non-hydrogen) atoms. The summed E-state index contributed by atoms with van der Waals surface area (Å²) in [5.41, 5.74) is 0.990. The van der Waals surface area contributed by atoms with E-state index in [9.17, 15) is 4.79 Å². The lowest BCUT2D eigenvalue weighted by atomic mass is 10.2. The van der Waals surface area contributed by atoms with Crippen LogP contribution in [0.1, 0.15) is 31.6 Å². The maximum atomic E-state index is 11.9. The number of morpholine rings is 1. The summed E-state index contributed by atoms with van der Waals surface area (Å²) in [7, 11) is 0. The number of nitrogens with zero attached hydrogens (tertiary/aromatic N) is 2. The SMILES string of the molecule is C[C@@H]1CN(c2ccc(CNC(=O)CCc3ccco3)cn2)C[C@H](C)O1. The zero-order chi connectivity index (χ0) is 17.6. The monoisotopic (exact) mass is 343 g/mol. The molecule has 0 radical (unpaired) electrons. The van der Waals surface area contributed by atoms with E-state index < -0.39 is 0 Å². The summed E-state index contributed by atoms with van der Waals surface area (Å²) in [4.78, 5) is 18.7. The van der Waals surface area contributed by atoms with Gasteiger partial charge in [-0.3, -0.25) is 4.79 Å². The lowest BCUT2D eigenvalue weighted by molar-refractivity contribution is -0.121. The fourth-order valence-electron chi connectivity index (χ4n) is 3.05. The Labute approximate surface area is 148 Å². The second kappa shape index (κ2) is 8.16. The van der Waals surface area contributed by atoms with E-state index in [4.69, 9.17) is 9.15 Å². The van der Waals surface area contributed by atoms with Gasteiger partial charge in [-0.05, 0) is 37.6 Å². The van der Waals surface area contributed by atoms with E-state index in [2.05, 4.69) is 29.0 Å². The molecule has 1 amide bonds. The van der Waals surface area contributed by atoms with Crippen molar-refractivity contribution in [3.05, 3.63) is 48.0 Å². The largest absolute Gasteiger partial charge is 0.469 e. The molecule has 0 bridgehead atoms. The summed E-state index contributed by atoms with van der Waals surface area (Å²) in [5, 5.41) is 2.92. The Balaban J connectivity index is 1.46. The number of hydrogen-bond acceptors (Lipinski definition) is 5. The molecule has 0 aromatic carbocycles. The van der Waals surface area contributed by atoms with Gasteiger partial charge in [0, 0.05) is 38.7 Å². The highest BCUT2D eigenvalue weighted by Gasteiger charge is 2.22. The first kappa shape index (κ1) is 17.5. The van der Waals surface area contributed by atoms with E-state index in [0.717, 1.165) is 30.2 Å². The van der Waals surface area contributed by atoms with Gasteiger partial charge in [0.05, 0.1) is 18.5 Å². The Kier molecular flexibility index (Phi) is 5.71. The molecule has 1 aliphatic heterocycles. The highest BCUT2D eigenvalue weighted by atomic mass is 16.5. The number of aryl methyl sites for hydroxylation is 1. The summed E-state index contributed by atoms with van der Waals surface area (Å²) in [6.45, 7) is 6.34. The molecule has 134 valence electrons. The average Bonchev–Trinajstić information content (AvgIpc) is 3.11. The van der Waals surface area contributed by atoms with Gasteiger partial charge in [-0.2, -0.15) is 0 Å². The standard InChI is InChI=1S/C19H25N3O3/c1-14-12-22(13-15(2)25-14)18-7-5-16(10-20-18)11-21-19(23)8-6-17-4-3-9-24-17/h3-5,7,9-10,14-15H,6,8,11-13H2,1-2H3,(H,21,23)/t14-,15+. The first-order valence-electron chi connectivity index (χ1n) is 8.74. The smallest absolute Gasteiger partial charge is 0.220 e. The summed E-state index contributed by atoms with van der Waals surface area (Å²) in [5.74, 6) is 1.79. The van der Waals surface area contributed by atoms with Gasteiger partial charge in [0.15, 0.2) is 0 Å². The summed E-state index contributed by atoms with van der Waals surface area (Å²) in [6, 6.07) is 7.73. The number of furan rings is 1. The van der Waals surface area contributed by atoms with Gasteiger partial charge >= 0.3 is 0 Å². The third-order valence-corrected chi connectivity index (χ3v) is 4.22. The van der Waals surface area contributed by atoms with E-state index >= 15 is 0 Å². The molecule has 0 saturated carbocycles. The summed E-state index contributed by atoms with van der Waals surface area (Å²) in [6.07, 6.45) is 4.90. The maximum absolute atomic E-state index is 11.9. The van der Waals surface area contributed by atoms with Crippen LogP contribution < -0.4 is 10.2 Å². The zero-order valence-electron chi connectivity index (χ0n) is 14.8. The number of carbonyl (C=O) groups excluding carboxylic acids is 1. The molecule has 3 rings (SSSR count). The van der Waals surface area contributed by atoms with Gasteiger partial charge in [-0.25, -0.2) is 4.98 Å². The van der Waals surface area contributed by atoms with E-state index in [1.165, 1.54) is 0 Å². The minimum absolute atomic E-state index is 0.0105. The topological polar surface area (TPSA) is 67.6 Å². The zero-order valence-corrected chi connectivity index (χ0v) is 14.8. The Morgan fingerprint density at radius 3 is 2.72 bits per heavy atom. The van der Waals surface area contributed by atoms with Crippen molar-refractivity contribution >= 4 is 11.7 Å². The predicted octanol–water partition coefficient (Wildman–Crippen LogP) is 2.54. The van der Waals surface area contributed by atoms with Crippen molar-refractivity contribution in [2.45, 2.75) is 45.4 Å². The van der Waals surface area contributed by atoms with Crippen LogP contribution in [0.25, 0.3) is 0 Å². The number of nitrogens with one attached hydrogen (secondary N) is 1. The van der Waals surface area contributed by atoms with Crippen LogP contribution in [-0.2, 0) is 22.5 Å².